The summed E-state index contributed by atoms with van der Waals surface area (Å²) in [7, 11) is 0. The van der Waals surface area contributed by atoms with Gasteiger partial charge >= 0.3 is 0 Å². The van der Waals surface area contributed by atoms with E-state index in [2.05, 4.69) is 19.2 Å². The predicted octanol–water partition coefficient (Wildman–Crippen LogP) is 1.01. The van der Waals surface area contributed by atoms with Crippen LogP contribution in [0, 0.1) is 11.8 Å². The van der Waals surface area contributed by atoms with E-state index in [9.17, 15) is 0 Å². The molecule has 1 nitrogen and oxygen atoms in total. The van der Waals surface area contributed by atoms with Gasteiger partial charge in [-0.3, -0.25) is 0 Å². The highest BCUT2D eigenvalue weighted by Crippen LogP contribution is 2.18. The van der Waals surface area contributed by atoms with Gasteiger partial charge in [0.25, 0.3) is 0 Å². The number of quaternary nitrogens is 1. The molecule has 10 heavy (non-hydrogen) atoms. The van der Waals surface area contributed by atoms with Crippen LogP contribution in [-0.2, 0) is 0 Å². The van der Waals surface area contributed by atoms with Crippen LogP contribution in [0.1, 0.15) is 33.1 Å². The van der Waals surface area contributed by atoms with Crippen molar-refractivity contribution in [3.8, 4) is 0 Å². The molecule has 0 saturated carbocycles. The molecule has 2 N–H and O–H groups in total. The van der Waals surface area contributed by atoms with Crippen molar-refractivity contribution in [3.05, 3.63) is 0 Å². The van der Waals surface area contributed by atoms with Crippen LogP contribution in [0.3, 0.4) is 0 Å². The molecule has 1 heterocycles. The Morgan fingerprint density at radius 3 is 2.40 bits per heavy atom. The maximum Gasteiger partial charge on any atom is 0.0758 e. The zero-order chi connectivity index (χ0) is 7.40. The van der Waals surface area contributed by atoms with Crippen LogP contribution < -0.4 is 5.32 Å². The molecule has 0 amide bonds. The first-order valence-electron chi connectivity index (χ1n) is 4.60. The maximum absolute atomic E-state index is 2.44. The fraction of sp³-hybridized carbons (Fsp3) is 1.00. The van der Waals surface area contributed by atoms with Gasteiger partial charge < -0.3 is 5.32 Å². The van der Waals surface area contributed by atoms with Gasteiger partial charge in [0.1, 0.15) is 0 Å². The minimum Gasteiger partial charge on any atom is -0.346 e. The van der Waals surface area contributed by atoms with Gasteiger partial charge in [-0.1, -0.05) is 13.8 Å². The smallest absolute Gasteiger partial charge is 0.0758 e. The average molecular weight is 142 g/mol. The third kappa shape index (κ3) is 2.70. The molecule has 0 radical (unpaired) electrons. The van der Waals surface area contributed by atoms with Crippen molar-refractivity contribution in [2.75, 3.05) is 13.1 Å². The number of nitrogens with two attached hydrogens (primary N) is 1. The van der Waals surface area contributed by atoms with Crippen LogP contribution in [-0.4, -0.2) is 13.1 Å². The van der Waals surface area contributed by atoms with Gasteiger partial charge in [0.05, 0.1) is 13.1 Å². The first-order chi connectivity index (χ1) is 4.79. The molecule has 1 aliphatic heterocycles. The van der Waals surface area contributed by atoms with E-state index in [1.54, 1.807) is 0 Å². The lowest BCUT2D eigenvalue weighted by molar-refractivity contribution is -0.665. The van der Waals surface area contributed by atoms with Gasteiger partial charge in [-0.2, -0.15) is 0 Å². The summed E-state index contributed by atoms with van der Waals surface area (Å²) in [6, 6.07) is 0. The fourth-order valence-corrected chi connectivity index (χ4v) is 1.90. The Labute approximate surface area is 64.2 Å². The van der Waals surface area contributed by atoms with Crippen LogP contribution in [0.25, 0.3) is 0 Å². The van der Waals surface area contributed by atoms with E-state index in [-0.39, 0.29) is 0 Å². The third-order valence-corrected chi connectivity index (χ3v) is 2.36. The van der Waals surface area contributed by atoms with Crippen LogP contribution in [0.5, 0.6) is 0 Å². The lowest BCUT2D eigenvalue weighted by Crippen LogP contribution is -2.86. The summed E-state index contributed by atoms with van der Waals surface area (Å²) >= 11 is 0. The summed E-state index contributed by atoms with van der Waals surface area (Å²) < 4.78 is 0. The Balaban J connectivity index is 2.13. The highest BCUT2D eigenvalue weighted by Gasteiger charge is 2.15. The van der Waals surface area contributed by atoms with E-state index in [4.69, 9.17) is 0 Å². The molecule has 0 aromatic carbocycles. The van der Waals surface area contributed by atoms with E-state index in [1.165, 1.54) is 32.4 Å². The summed E-state index contributed by atoms with van der Waals surface area (Å²) in [4.78, 5) is 0. The molecule has 0 aromatic heterocycles. The van der Waals surface area contributed by atoms with Crippen molar-refractivity contribution in [1.29, 1.82) is 0 Å². The van der Waals surface area contributed by atoms with Crippen molar-refractivity contribution in [1.82, 2.24) is 0 Å². The Morgan fingerprint density at radius 2 is 1.90 bits per heavy atom. The van der Waals surface area contributed by atoms with Crippen LogP contribution in [0.2, 0.25) is 0 Å². The van der Waals surface area contributed by atoms with Crippen LogP contribution >= 0.6 is 0 Å². The first-order valence-corrected chi connectivity index (χ1v) is 4.60. The molecule has 1 fully saturated rings. The quantitative estimate of drug-likeness (QED) is 0.592. The minimum atomic E-state index is 0.906. The Hall–Kier alpha value is -0.0400. The summed E-state index contributed by atoms with van der Waals surface area (Å²) in [6.45, 7) is 7.41. The number of hydrogen-bond donors (Lipinski definition) is 1. The number of rotatable bonds is 2. The molecule has 0 aromatic rings. The minimum absolute atomic E-state index is 0.906. The lowest BCUT2D eigenvalue weighted by Gasteiger charge is -2.21. The third-order valence-electron chi connectivity index (χ3n) is 2.36. The van der Waals surface area contributed by atoms with Crippen molar-refractivity contribution in [2.24, 2.45) is 11.8 Å². The molecule has 0 bridgehead atoms. The molecule has 1 heteroatoms. The van der Waals surface area contributed by atoms with Gasteiger partial charge in [-0.05, 0) is 31.1 Å². The molecular formula is C9H20N+. The second kappa shape index (κ2) is 3.97. The van der Waals surface area contributed by atoms with Gasteiger partial charge in [0.15, 0.2) is 0 Å². The summed E-state index contributed by atoms with van der Waals surface area (Å²) in [5.74, 6) is 1.95. The van der Waals surface area contributed by atoms with Gasteiger partial charge in [-0.25, -0.2) is 0 Å². The van der Waals surface area contributed by atoms with Crippen molar-refractivity contribution >= 4 is 0 Å². The SMILES string of the molecule is CC(C)CC1CC[NH2+]CC1. The molecule has 0 unspecified atom stereocenters. The molecule has 1 saturated heterocycles. The highest BCUT2D eigenvalue weighted by atomic mass is 14.9. The second-order valence-corrected chi connectivity index (χ2v) is 3.94. The second-order valence-electron chi connectivity index (χ2n) is 3.94. The van der Waals surface area contributed by atoms with Gasteiger partial charge in [0, 0.05) is 0 Å². The Morgan fingerprint density at radius 1 is 1.30 bits per heavy atom. The fourth-order valence-electron chi connectivity index (χ4n) is 1.90. The topological polar surface area (TPSA) is 16.6 Å². The predicted molar refractivity (Wildman–Crippen MR) is 43.8 cm³/mol. The largest absolute Gasteiger partial charge is 0.346 e. The maximum atomic E-state index is 2.44. The van der Waals surface area contributed by atoms with E-state index in [0.717, 1.165) is 11.8 Å². The van der Waals surface area contributed by atoms with E-state index < -0.39 is 0 Å². The standard InChI is InChI=1S/C9H19N/c1-8(2)7-9-3-5-10-6-4-9/h8-10H,3-7H2,1-2H3/p+1. The molecule has 0 spiro atoms. The normalized spacial score (nSPS) is 21.9. The molecule has 0 aliphatic carbocycles. The van der Waals surface area contributed by atoms with Gasteiger partial charge in [-0.15, -0.1) is 0 Å². The first kappa shape index (κ1) is 8.06. The highest BCUT2D eigenvalue weighted by molar-refractivity contribution is 4.62. The van der Waals surface area contributed by atoms with Crippen molar-refractivity contribution in [2.45, 2.75) is 33.1 Å². The number of hydrogen-bond acceptors (Lipinski definition) is 0. The molecule has 60 valence electrons. The van der Waals surface area contributed by atoms with Crippen LogP contribution in [0.4, 0.5) is 0 Å². The molecule has 1 rings (SSSR count). The zero-order valence-corrected chi connectivity index (χ0v) is 7.27. The summed E-state index contributed by atoms with van der Waals surface area (Å²) in [5, 5.41) is 2.44. The summed E-state index contributed by atoms with van der Waals surface area (Å²) in [6.07, 6.45) is 4.37. The zero-order valence-electron chi connectivity index (χ0n) is 7.27. The Bertz CT molecular complexity index is 82.7. The van der Waals surface area contributed by atoms with Gasteiger partial charge in [0.2, 0.25) is 0 Å². The van der Waals surface area contributed by atoms with E-state index in [0.29, 0.717) is 0 Å². The van der Waals surface area contributed by atoms with Crippen LogP contribution in [0.15, 0.2) is 0 Å². The monoisotopic (exact) mass is 142 g/mol. The number of piperidine rings is 1. The molecular weight excluding hydrogens is 122 g/mol. The molecule has 1 aliphatic rings. The Kier molecular flexibility index (Phi) is 3.20. The van der Waals surface area contributed by atoms with E-state index in [1.807, 2.05) is 0 Å². The average Bonchev–Trinajstić information content (AvgIpc) is 1.88. The summed E-state index contributed by atoms with van der Waals surface area (Å²) in [5.41, 5.74) is 0. The molecule has 0 atom stereocenters. The lowest BCUT2D eigenvalue weighted by atomic mass is 9.89. The van der Waals surface area contributed by atoms with Crippen molar-refractivity contribution < 1.29 is 5.32 Å². The van der Waals surface area contributed by atoms with E-state index >= 15 is 0 Å². The van der Waals surface area contributed by atoms with Crippen molar-refractivity contribution in [3.63, 3.8) is 0 Å².